The largest absolute Gasteiger partial charge is 0.759 e. The van der Waals surface area contributed by atoms with Crippen LogP contribution in [0.15, 0.2) is 35.0 Å². The van der Waals surface area contributed by atoms with Crippen molar-refractivity contribution in [3.05, 3.63) is 24.7 Å². The fraction of sp³-hybridized carbons (Fsp3) is 0.333. The highest BCUT2D eigenvalue weighted by Crippen LogP contribution is 2.19. The molecule has 14 heavy (non-hydrogen) atoms. The Morgan fingerprint density at radius 1 is 1.64 bits per heavy atom. The molecule has 0 saturated carbocycles. The van der Waals surface area contributed by atoms with E-state index < -0.39 is 17.5 Å². The first kappa shape index (κ1) is 9.31. The number of nitrogens with one attached hydrogen (secondary N) is 1. The lowest BCUT2D eigenvalue weighted by Crippen LogP contribution is -2.49. The normalized spacial score (nSPS) is 31.1. The van der Waals surface area contributed by atoms with Gasteiger partial charge >= 0.3 is 0 Å². The molecule has 0 aliphatic carbocycles. The van der Waals surface area contributed by atoms with Crippen LogP contribution in [0.3, 0.4) is 0 Å². The molecule has 0 bridgehead atoms. The van der Waals surface area contributed by atoms with E-state index in [1.54, 1.807) is 6.08 Å². The maximum Gasteiger partial charge on any atom is 0.233 e. The molecule has 7 nitrogen and oxygen atoms in total. The Kier molecular flexibility index (Phi) is 2.57. The van der Waals surface area contributed by atoms with Gasteiger partial charge in [-0.15, -0.1) is 5.11 Å². The standard InChI is InChI=1S/C6H8N4O3S/c11-14(12)9-10-3-4-13-6-5(10)1-2-7-8-6/h1-6,9H,(H,11,12)/p-1. The lowest BCUT2D eigenvalue weighted by atomic mass is 10.2. The molecular weight excluding hydrogens is 208 g/mol. The van der Waals surface area contributed by atoms with Gasteiger partial charge in [0.05, 0.1) is 6.20 Å². The molecule has 2 heterocycles. The molecule has 76 valence electrons. The van der Waals surface area contributed by atoms with Crippen molar-refractivity contribution in [3.8, 4) is 0 Å². The summed E-state index contributed by atoms with van der Waals surface area (Å²) in [5, 5.41) is 8.82. The molecule has 2 aliphatic heterocycles. The zero-order chi connectivity index (χ0) is 9.97. The van der Waals surface area contributed by atoms with Gasteiger partial charge in [-0.1, -0.05) is 0 Å². The number of rotatable bonds is 2. The molecule has 0 aromatic carbocycles. The average molecular weight is 215 g/mol. The van der Waals surface area contributed by atoms with Crippen LogP contribution in [-0.2, 0) is 16.0 Å². The first-order valence-electron chi connectivity index (χ1n) is 3.80. The first-order chi connectivity index (χ1) is 6.77. The summed E-state index contributed by atoms with van der Waals surface area (Å²) in [5.41, 5.74) is 0. The molecule has 0 spiro atoms. The SMILES string of the molecule is O=S([O-])NN1C=COC2N=NC=CC21. The predicted molar refractivity (Wildman–Crippen MR) is 45.7 cm³/mol. The van der Waals surface area contributed by atoms with E-state index in [4.69, 9.17) is 4.74 Å². The Hall–Kier alpha value is -1.25. The molecule has 0 radical (unpaired) electrons. The summed E-state index contributed by atoms with van der Waals surface area (Å²) in [4.78, 5) is 2.21. The maximum absolute atomic E-state index is 10.4. The molecule has 0 saturated heterocycles. The van der Waals surface area contributed by atoms with Crippen molar-refractivity contribution < 1.29 is 13.5 Å². The molecule has 2 rings (SSSR count). The van der Waals surface area contributed by atoms with Gasteiger partial charge in [0.15, 0.2) is 0 Å². The molecule has 8 heteroatoms. The molecule has 1 N–H and O–H groups in total. The summed E-state index contributed by atoms with van der Waals surface area (Å²) in [7, 11) is 0. The van der Waals surface area contributed by atoms with Crippen molar-refractivity contribution in [1.29, 1.82) is 0 Å². The van der Waals surface area contributed by atoms with E-state index in [0.29, 0.717) is 0 Å². The second kappa shape index (κ2) is 3.86. The minimum atomic E-state index is -2.37. The first-order valence-corrected chi connectivity index (χ1v) is 4.87. The number of hydrogen-bond acceptors (Lipinski definition) is 6. The highest BCUT2D eigenvalue weighted by molar-refractivity contribution is 7.76. The Balaban J connectivity index is 2.13. The van der Waals surface area contributed by atoms with Crippen molar-refractivity contribution in [2.75, 3.05) is 0 Å². The van der Waals surface area contributed by atoms with E-state index in [1.165, 1.54) is 23.7 Å². The molecule has 3 unspecified atom stereocenters. The Labute approximate surface area is 82.5 Å². The summed E-state index contributed by atoms with van der Waals surface area (Å²) >= 11 is -2.37. The van der Waals surface area contributed by atoms with Gasteiger partial charge in [-0.2, -0.15) is 9.95 Å². The third-order valence-corrected chi connectivity index (χ3v) is 2.12. The second-order valence-electron chi connectivity index (χ2n) is 2.61. The summed E-state index contributed by atoms with van der Waals surface area (Å²) in [6, 6.07) is -0.296. The summed E-state index contributed by atoms with van der Waals surface area (Å²) < 4.78 is 26.0. The van der Waals surface area contributed by atoms with Crippen LogP contribution >= 0.6 is 0 Å². The highest BCUT2D eigenvalue weighted by atomic mass is 32.2. The zero-order valence-electron chi connectivity index (χ0n) is 6.94. The van der Waals surface area contributed by atoms with Crippen LogP contribution in [0.25, 0.3) is 0 Å². The maximum atomic E-state index is 10.4. The van der Waals surface area contributed by atoms with Crippen LogP contribution in [-0.4, -0.2) is 26.0 Å². The van der Waals surface area contributed by atoms with E-state index >= 15 is 0 Å². The molecule has 0 aromatic rings. The predicted octanol–water partition coefficient (Wildman–Crippen LogP) is -0.237. The fourth-order valence-electron chi connectivity index (χ4n) is 1.19. The van der Waals surface area contributed by atoms with E-state index in [0.717, 1.165) is 0 Å². The Morgan fingerprint density at radius 2 is 2.50 bits per heavy atom. The minimum Gasteiger partial charge on any atom is -0.759 e. The quantitative estimate of drug-likeness (QED) is 0.644. The molecule has 3 atom stereocenters. The molecular formula is C6H7N4O3S-. The molecule has 0 fully saturated rings. The summed E-state index contributed by atoms with van der Waals surface area (Å²) in [5.74, 6) is 0. The van der Waals surface area contributed by atoms with Gasteiger partial charge in [-0.3, -0.25) is 9.22 Å². The second-order valence-corrected chi connectivity index (χ2v) is 3.26. The smallest absolute Gasteiger partial charge is 0.233 e. The van der Waals surface area contributed by atoms with Gasteiger partial charge in [-0.05, 0) is 6.08 Å². The van der Waals surface area contributed by atoms with Gasteiger partial charge in [0.1, 0.15) is 12.3 Å². The van der Waals surface area contributed by atoms with Crippen LogP contribution in [0.4, 0.5) is 0 Å². The van der Waals surface area contributed by atoms with Gasteiger partial charge < -0.3 is 9.29 Å². The van der Waals surface area contributed by atoms with Crippen molar-refractivity contribution in [2.24, 2.45) is 10.2 Å². The Bertz CT molecular complexity index is 329. The van der Waals surface area contributed by atoms with E-state index in [2.05, 4.69) is 15.1 Å². The number of hydrogen-bond donors (Lipinski definition) is 1. The third-order valence-electron chi connectivity index (χ3n) is 1.76. The lowest BCUT2D eigenvalue weighted by molar-refractivity contribution is 0.0414. The van der Waals surface area contributed by atoms with Gasteiger partial charge in [0.2, 0.25) is 6.23 Å². The van der Waals surface area contributed by atoms with Crippen LogP contribution < -0.4 is 4.83 Å². The van der Waals surface area contributed by atoms with Crippen molar-refractivity contribution in [3.63, 3.8) is 0 Å². The van der Waals surface area contributed by atoms with E-state index in [9.17, 15) is 8.76 Å². The number of hydrazine groups is 1. The number of azo groups is 1. The van der Waals surface area contributed by atoms with Crippen molar-refractivity contribution >= 4 is 11.3 Å². The third kappa shape index (κ3) is 1.81. The topological polar surface area (TPSA) is 89.3 Å². The monoisotopic (exact) mass is 215 g/mol. The van der Waals surface area contributed by atoms with Crippen LogP contribution in [0.5, 0.6) is 0 Å². The number of ether oxygens (including phenoxy) is 1. The van der Waals surface area contributed by atoms with Gasteiger partial charge in [0, 0.05) is 17.5 Å². The average Bonchev–Trinajstić information content (AvgIpc) is 2.18. The molecule has 0 aromatic heterocycles. The van der Waals surface area contributed by atoms with Gasteiger partial charge in [0.25, 0.3) is 0 Å². The fourth-order valence-corrected chi connectivity index (χ4v) is 1.54. The highest BCUT2D eigenvalue weighted by Gasteiger charge is 2.29. The molecule has 0 amide bonds. The minimum absolute atomic E-state index is 0.296. The van der Waals surface area contributed by atoms with E-state index in [1.807, 2.05) is 0 Å². The van der Waals surface area contributed by atoms with Gasteiger partial charge in [-0.25, -0.2) is 0 Å². The summed E-state index contributed by atoms with van der Waals surface area (Å²) in [6.45, 7) is 0. The van der Waals surface area contributed by atoms with Crippen molar-refractivity contribution in [1.82, 2.24) is 9.84 Å². The molecule has 2 aliphatic rings. The van der Waals surface area contributed by atoms with Crippen LogP contribution in [0.2, 0.25) is 0 Å². The zero-order valence-corrected chi connectivity index (χ0v) is 7.76. The van der Waals surface area contributed by atoms with Crippen LogP contribution in [0.1, 0.15) is 0 Å². The number of fused-ring (bicyclic) bond motifs is 1. The number of nitrogens with zero attached hydrogens (tertiary/aromatic N) is 3. The van der Waals surface area contributed by atoms with Crippen LogP contribution in [0, 0.1) is 0 Å². The lowest BCUT2D eigenvalue weighted by Gasteiger charge is -2.35. The summed E-state index contributed by atoms with van der Waals surface area (Å²) in [6.07, 6.45) is 5.52. The Morgan fingerprint density at radius 3 is 3.29 bits per heavy atom. The van der Waals surface area contributed by atoms with E-state index in [-0.39, 0.29) is 6.04 Å². The van der Waals surface area contributed by atoms with Crippen molar-refractivity contribution in [2.45, 2.75) is 12.3 Å².